The molecule has 15 heteroatoms. The molecule has 0 spiro atoms. The molecule has 0 N–H and O–H groups in total. The van der Waals surface area contributed by atoms with Gasteiger partial charge in [-0.2, -0.15) is 0 Å². The molecule has 0 aliphatic rings. The zero-order valence-electron chi connectivity index (χ0n) is 32.0. The van der Waals surface area contributed by atoms with Crippen molar-refractivity contribution in [2.75, 3.05) is 66.1 Å². The van der Waals surface area contributed by atoms with E-state index in [1.54, 1.807) is 24.3 Å². The van der Waals surface area contributed by atoms with Crippen LogP contribution in [-0.2, 0) is 70.1 Å². The molecule has 0 aliphatic heterocycles. The van der Waals surface area contributed by atoms with Crippen LogP contribution in [0.1, 0.15) is 40.0 Å². The fourth-order valence-electron chi connectivity index (χ4n) is 1.87. The summed E-state index contributed by atoms with van der Waals surface area (Å²) in [6, 6.07) is 8.87. The van der Waals surface area contributed by atoms with Crippen molar-refractivity contribution in [3.05, 3.63) is 117 Å². The highest BCUT2D eigenvalue weighted by molar-refractivity contribution is 5.87. The quantitative estimate of drug-likeness (QED) is 0.0813. The van der Waals surface area contributed by atoms with E-state index < -0.39 is 17.7 Å². The minimum absolute atomic E-state index is 0.174. The molecule has 0 aliphatic carbocycles. The van der Waals surface area contributed by atoms with E-state index in [0.717, 1.165) is 6.42 Å². The SMILES string of the molecule is C=C(C)C(=O)OCC(CCCC)(OOC(=O)C(=C)C)Oc1ccccc1.[CH2]C[O].[CH2]C[O].[CH2]C[O].[CH2]C[O].[CH2]C[O].[CH2]C[O].[CH2]C[O].[CH2]C[O].[CH2]C[O]. The summed E-state index contributed by atoms with van der Waals surface area (Å²) in [7, 11) is 0. The van der Waals surface area contributed by atoms with E-state index in [0.29, 0.717) is 18.6 Å². The van der Waals surface area contributed by atoms with Gasteiger partial charge in [0.25, 0.3) is 5.79 Å². The molecule has 15 nitrogen and oxygen atoms in total. The second-order valence-electron chi connectivity index (χ2n) is 7.86. The predicted molar refractivity (Wildman–Crippen MR) is 195 cm³/mol. The standard InChI is InChI=1S/C20H26O6.9C2H4O/c1-6-7-13-20(14-23-18(21)15(2)3,26-25-19(22)16(4)5)24-17-11-9-8-10-12-17;9*1-2-3/h8-12H,2,4,6-7,13-14H2,1,3,5H3;9*1-2H2. The molecule has 1 unspecified atom stereocenters. The number of esters is 1. The zero-order valence-corrected chi connectivity index (χ0v) is 32.0. The summed E-state index contributed by atoms with van der Waals surface area (Å²) < 4.78 is 11.2. The van der Waals surface area contributed by atoms with Gasteiger partial charge in [0.1, 0.15) is 5.75 Å². The average molecular weight is 759 g/mol. The topological polar surface area (TPSA) is 250 Å². The Morgan fingerprint density at radius 2 is 0.868 bits per heavy atom. The fraction of sp³-hybridized carbons (Fsp3) is 0.447. The Morgan fingerprint density at radius 3 is 1.13 bits per heavy atom. The first-order chi connectivity index (χ1) is 25.0. The lowest BCUT2D eigenvalue weighted by Gasteiger charge is -2.31. The lowest BCUT2D eigenvalue weighted by molar-refractivity contribution is -0.391. The molecule has 304 valence electrons. The highest BCUT2D eigenvalue weighted by atomic mass is 17.2. The molecule has 0 fully saturated rings. The Hall–Kier alpha value is -2.96. The first kappa shape index (κ1) is 71.5. The van der Waals surface area contributed by atoms with Crippen molar-refractivity contribution in [3.63, 3.8) is 0 Å². The van der Waals surface area contributed by atoms with Gasteiger partial charge in [-0.25, -0.2) is 55.5 Å². The summed E-state index contributed by atoms with van der Waals surface area (Å²) in [6.45, 7) is 35.9. The van der Waals surface area contributed by atoms with E-state index in [1.807, 2.05) is 13.0 Å². The van der Waals surface area contributed by atoms with E-state index in [4.69, 9.17) is 65.2 Å². The Labute approximate surface area is 321 Å². The van der Waals surface area contributed by atoms with Crippen LogP contribution < -0.4 is 4.74 Å². The number of rotatable bonds is 11. The smallest absolute Gasteiger partial charge is 0.368 e. The molecule has 18 radical (unpaired) electrons. The number of ether oxygens (including phenoxy) is 2. The molecule has 1 aromatic rings. The average Bonchev–Trinajstić information content (AvgIpc) is 3.09. The minimum atomic E-state index is -1.48. The van der Waals surface area contributed by atoms with E-state index >= 15 is 0 Å². The van der Waals surface area contributed by atoms with Crippen molar-refractivity contribution in [2.24, 2.45) is 0 Å². The molecular formula is C38H62O15. The second-order valence-corrected chi connectivity index (χ2v) is 7.86. The van der Waals surface area contributed by atoms with Gasteiger partial charge in [-0.15, -0.1) is 4.89 Å². The van der Waals surface area contributed by atoms with Crippen LogP contribution in [0.15, 0.2) is 54.6 Å². The third-order valence-corrected chi connectivity index (χ3v) is 3.35. The molecule has 0 heterocycles. The van der Waals surface area contributed by atoms with Crippen LogP contribution >= 0.6 is 0 Å². The van der Waals surface area contributed by atoms with Crippen molar-refractivity contribution >= 4 is 11.9 Å². The van der Waals surface area contributed by atoms with Crippen LogP contribution in [0.2, 0.25) is 0 Å². The summed E-state index contributed by atoms with van der Waals surface area (Å²) in [5.74, 6) is -2.30. The van der Waals surface area contributed by atoms with Gasteiger partial charge in [0.05, 0.1) is 59.5 Å². The summed E-state index contributed by atoms with van der Waals surface area (Å²) in [5.41, 5.74) is 0.418. The van der Waals surface area contributed by atoms with Gasteiger partial charge in [0, 0.05) is 17.6 Å². The molecule has 1 aromatic carbocycles. The number of unbranched alkanes of at least 4 members (excludes halogenated alkanes) is 1. The number of carbonyl (C=O) groups excluding carboxylic acids is 2. The molecule has 0 aromatic heterocycles. The van der Waals surface area contributed by atoms with Crippen LogP contribution in [0, 0.1) is 62.3 Å². The summed E-state index contributed by atoms with van der Waals surface area (Å²) >= 11 is 0. The highest BCUT2D eigenvalue weighted by Gasteiger charge is 2.38. The molecule has 0 saturated heterocycles. The van der Waals surface area contributed by atoms with Gasteiger partial charge in [-0.3, -0.25) is 4.89 Å². The number of para-hydroxylation sites is 1. The predicted octanol–water partition coefficient (Wildman–Crippen LogP) is 6.38. The van der Waals surface area contributed by atoms with Gasteiger partial charge in [-0.1, -0.05) is 44.7 Å². The van der Waals surface area contributed by atoms with Crippen LogP contribution in [0.25, 0.3) is 0 Å². The highest BCUT2D eigenvalue weighted by Crippen LogP contribution is 2.26. The van der Waals surface area contributed by atoms with E-state index in [9.17, 15) is 9.59 Å². The third-order valence-electron chi connectivity index (χ3n) is 3.35. The maximum atomic E-state index is 11.8. The lowest BCUT2D eigenvalue weighted by atomic mass is 10.1. The first-order valence-corrected chi connectivity index (χ1v) is 15.5. The monoisotopic (exact) mass is 758 g/mol. The molecule has 0 saturated carbocycles. The first-order valence-electron chi connectivity index (χ1n) is 15.5. The van der Waals surface area contributed by atoms with Crippen molar-refractivity contribution in [3.8, 4) is 5.75 Å². The lowest BCUT2D eigenvalue weighted by Crippen LogP contribution is -2.45. The molecule has 53 heavy (non-hydrogen) atoms. The summed E-state index contributed by atoms with van der Waals surface area (Å²) in [6.07, 6.45) is 1.87. The van der Waals surface area contributed by atoms with Crippen molar-refractivity contribution in [1.82, 2.24) is 0 Å². The molecular weight excluding hydrogens is 696 g/mol. The van der Waals surface area contributed by atoms with Gasteiger partial charge >= 0.3 is 11.9 Å². The van der Waals surface area contributed by atoms with E-state index in [1.165, 1.54) is 13.8 Å². The molecule has 1 atom stereocenters. The number of carbonyl (C=O) groups is 2. The Morgan fingerprint density at radius 1 is 0.566 bits per heavy atom. The number of hydrogen-bond acceptors (Lipinski definition) is 6. The Balaban J connectivity index is -0.0000000832. The van der Waals surface area contributed by atoms with Crippen molar-refractivity contribution in [1.29, 1.82) is 0 Å². The zero-order chi connectivity index (χ0) is 43.9. The van der Waals surface area contributed by atoms with Gasteiger partial charge < -0.3 is 9.47 Å². The molecule has 0 bridgehead atoms. The summed E-state index contributed by atoms with van der Waals surface area (Å²) in [4.78, 5) is 33.7. The van der Waals surface area contributed by atoms with E-state index in [2.05, 4.69) is 75.5 Å². The maximum Gasteiger partial charge on any atom is 0.368 e. The van der Waals surface area contributed by atoms with Crippen LogP contribution in [-0.4, -0.2) is 83.8 Å². The second kappa shape index (κ2) is 70.6. The van der Waals surface area contributed by atoms with E-state index in [-0.39, 0.29) is 77.2 Å². The fourth-order valence-corrected chi connectivity index (χ4v) is 1.87. The van der Waals surface area contributed by atoms with Crippen LogP contribution in [0.3, 0.4) is 0 Å². The van der Waals surface area contributed by atoms with Gasteiger partial charge in [-0.05, 0) is 94.7 Å². The molecule has 0 amide bonds. The number of benzene rings is 1. The largest absolute Gasteiger partial charge is 0.455 e. The third kappa shape index (κ3) is 88.4. The van der Waals surface area contributed by atoms with Crippen LogP contribution in [0.5, 0.6) is 5.75 Å². The molecule has 1 rings (SSSR count). The van der Waals surface area contributed by atoms with Gasteiger partial charge in [0.2, 0.25) is 0 Å². The number of hydrogen-bond donors (Lipinski definition) is 0. The minimum Gasteiger partial charge on any atom is -0.455 e. The van der Waals surface area contributed by atoms with Crippen molar-refractivity contribution < 1.29 is 74.8 Å². The maximum absolute atomic E-state index is 11.8. The Bertz CT molecular complexity index is 735. The normalized spacial score (nSPS) is 9.23. The van der Waals surface area contributed by atoms with Gasteiger partial charge in [0.15, 0.2) is 6.61 Å². The Kier molecular flexibility index (Phi) is 95.2. The van der Waals surface area contributed by atoms with Crippen molar-refractivity contribution in [2.45, 2.75) is 45.8 Å². The van der Waals surface area contributed by atoms with Crippen LogP contribution in [0.4, 0.5) is 0 Å². The summed E-state index contributed by atoms with van der Waals surface area (Å²) in [5, 5.41) is 79.4.